The molecule has 112 valence electrons. The van der Waals surface area contributed by atoms with E-state index in [1.54, 1.807) is 24.3 Å². The van der Waals surface area contributed by atoms with Gasteiger partial charge >= 0.3 is 6.18 Å². The van der Waals surface area contributed by atoms with Gasteiger partial charge in [-0.15, -0.1) is 12.4 Å². The molecule has 0 radical (unpaired) electrons. The number of nitrogens with two attached hydrogens (primary N) is 1. The Morgan fingerprint density at radius 3 is 2.70 bits per heavy atom. The second-order valence-electron chi connectivity index (χ2n) is 4.73. The molecule has 20 heavy (non-hydrogen) atoms. The fourth-order valence-corrected chi connectivity index (χ4v) is 2.44. The van der Waals surface area contributed by atoms with Gasteiger partial charge in [0.2, 0.25) is 5.91 Å². The van der Waals surface area contributed by atoms with Crippen molar-refractivity contribution in [1.82, 2.24) is 4.90 Å². The van der Waals surface area contributed by atoms with E-state index in [0.717, 1.165) is 0 Å². The van der Waals surface area contributed by atoms with Crippen LogP contribution in [-0.4, -0.2) is 29.6 Å². The van der Waals surface area contributed by atoms with Crippen LogP contribution in [0.3, 0.4) is 0 Å². The standard InChI is InChI=1S/C13H15F3N2O.ClH/c14-13(15,16)11-5-2-6-18(11)8-9-3-1-4-10(7-9)12(17)19;/h1,3-4,7,11H,2,5-6,8H2,(H2,17,19);1H. The number of likely N-dealkylation sites (tertiary alicyclic amines) is 1. The van der Waals surface area contributed by atoms with E-state index in [1.807, 2.05) is 0 Å². The van der Waals surface area contributed by atoms with Crippen molar-refractivity contribution in [2.45, 2.75) is 31.6 Å². The van der Waals surface area contributed by atoms with E-state index < -0.39 is 18.1 Å². The lowest BCUT2D eigenvalue weighted by atomic mass is 10.1. The lowest BCUT2D eigenvalue weighted by Gasteiger charge is -2.26. The Hall–Kier alpha value is -1.27. The molecule has 3 nitrogen and oxygen atoms in total. The quantitative estimate of drug-likeness (QED) is 0.933. The minimum absolute atomic E-state index is 0. The molecule has 0 bridgehead atoms. The molecule has 1 saturated heterocycles. The molecule has 2 N–H and O–H groups in total. The first-order chi connectivity index (χ1) is 8.88. The van der Waals surface area contributed by atoms with Gasteiger partial charge in [-0.25, -0.2) is 0 Å². The van der Waals surface area contributed by atoms with Gasteiger partial charge in [0.05, 0.1) is 0 Å². The number of alkyl halides is 3. The summed E-state index contributed by atoms with van der Waals surface area (Å²) >= 11 is 0. The molecule has 7 heteroatoms. The van der Waals surface area contributed by atoms with E-state index in [2.05, 4.69) is 0 Å². The van der Waals surface area contributed by atoms with Gasteiger partial charge in [0.15, 0.2) is 0 Å². The number of halogens is 4. The second-order valence-corrected chi connectivity index (χ2v) is 4.73. The minimum atomic E-state index is -4.20. The molecule has 0 saturated carbocycles. The van der Waals surface area contributed by atoms with Gasteiger partial charge in [-0.2, -0.15) is 13.2 Å². The molecule has 1 aliphatic rings. The summed E-state index contributed by atoms with van der Waals surface area (Å²) < 4.78 is 38.4. The third kappa shape index (κ3) is 3.86. The first kappa shape index (κ1) is 16.8. The van der Waals surface area contributed by atoms with Gasteiger partial charge in [0, 0.05) is 12.1 Å². The van der Waals surface area contributed by atoms with Gasteiger partial charge in [0.1, 0.15) is 6.04 Å². The van der Waals surface area contributed by atoms with Crippen LogP contribution in [0.1, 0.15) is 28.8 Å². The van der Waals surface area contributed by atoms with Crippen LogP contribution < -0.4 is 5.73 Å². The highest BCUT2D eigenvalue weighted by molar-refractivity contribution is 5.92. The number of amides is 1. The van der Waals surface area contributed by atoms with Crippen LogP contribution >= 0.6 is 12.4 Å². The molecule has 1 amide bonds. The molecule has 1 fully saturated rings. The van der Waals surface area contributed by atoms with Crippen LogP contribution in [0, 0.1) is 0 Å². The zero-order valence-corrected chi connectivity index (χ0v) is 11.5. The van der Waals surface area contributed by atoms with E-state index in [-0.39, 0.29) is 25.4 Å². The van der Waals surface area contributed by atoms with Crippen LogP contribution in [0.25, 0.3) is 0 Å². The highest BCUT2D eigenvalue weighted by atomic mass is 35.5. The molecule has 0 aromatic heterocycles. The molecule has 1 unspecified atom stereocenters. The maximum Gasteiger partial charge on any atom is 0.404 e. The lowest BCUT2D eigenvalue weighted by Crippen LogP contribution is -2.40. The Balaban J connectivity index is 0.00000200. The van der Waals surface area contributed by atoms with Gasteiger partial charge in [-0.3, -0.25) is 9.69 Å². The topological polar surface area (TPSA) is 46.3 Å². The van der Waals surface area contributed by atoms with E-state index >= 15 is 0 Å². The van der Waals surface area contributed by atoms with Crippen molar-refractivity contribution in [3.8, 4) is 0 Å². The molecule has 0 spiro atoms. The third-order valence-electron chi connectivity index (χ3n) is 3.34. The number of carbonyl (C=O) groups excluding carboxylic acids is 1. The molecular formula is C13H16ClF3N2O. The van der Waals surface area contributed by atoms with E-state index in [4.69, 9.17) is 5.73 Å². The Morgan fingerprint density at radius 1 is 1.40 bits per heavy atom. The second kappa shape index (κ2) is 6.45. The van der Waals surface area contributed by atoms with Crippen molar-refractivity contribution in [2.75, 3.05) is 6.54 Å². The number of primary amides is 1. The number of benzene rings is 1. The largest absolute Gasteiger partial charge is 0.404 e. The molecule has 1 aromatic rings. The number of nitrogens with zero attached hydrogens (tertiary/aromatic N) is 1. The number of rotatable bonds is 3. The normalized spacial score (nSPS) is 19.6. The maximum absolute atomic E-state index is 12.8. The summed E-state index contributed by atoms with van der Waals surface area (Å²) in [6, 6.07) is 5.06. The lowest BCUT2D eigenvalue weighted by molar-refractivity contribution is -0.177. The Morgan fingerprint density at radius 2 is 2.10 bits per heavy atom. The first-order valence-corrected chi connectivity index (χ1v) is 6.07. The fourth-order valence-electron chi connectivity index (χ4n) is 2.44. The number of carbonyl (C=O) groups is 1. The summed E-state index contributed by atoms with van der Waals surface area (Å²) in [5.41, 5.74) is 6.15. The van der Waals surface area contributed by atoms with E-state index in [1.165, 1.54) is 4.90 Å². The zero-order chi connectivity index (χ0) is 14.0. The SMILES string of the molecule is Cl.NC(=O)c1cccc(CN2CCCC2C(F)(F)F)c1. The minimum Gasteiger partial charge on any atom is -0.366 e. The average Bonchev–Trinajstić information content (AvgIpc) is 2.77. The molecule has 1 atom stereocenters. The zero-order valence-electron chi connectivity index (χ0n) is 10.7. The first-order valence-electron chi connectivity index (χ1n) is 6.07. The molecule has 1 aliphatic heterocycles. The van der Waals surface area contributed by atoms with E-state index in [0.29, 0.717) is 24.1 Å². The monoisotopic (exact) mass is 308 g/mol. The maximum atomic E-state index is 12.8. The van der Waals surface area contributed by atoms with Crippen molar-refractivity contribution in [1.29, 1.82) is 0 Å². The predicted octanol–water partition coefficient (Wildman–Crippen LogP) is 2.73. The molecule has 1 aromatic carbocycles. The van der Waals surface area contributed by atoms with Crippen LogP contribution in [0.4, 0.5) is 13.2 Å². The van der Waals surface area contributed by atoms with E-state index in [9.17, 15) is 18.0 Å². The van der Waals surface area contributed by atoms with Crippen LogP contribution in [0.2, 0.25) is 0 Å². The van der Waals surface area contributed by atoms with Crippen LogP contribution in [0.15, 0.2) is 24.3 Å². The Labute approximate surface area is 121 Å². The van der Waals surface area contributed by atoms with Gasteiger partial charge in [-0.05, 0) is 37.1 Å². The summed E-state index contributed by atoms with van der Waals surface area (Å²) in [5, 5.41) is 0. The molecular weight excluding hydrogens is 293 g/mol. The summed E-state index contributed by atoms with van der Waals surface area (Å²) in [7, 11) is 0. The summed E-state index contributed by atoms with van der Waals surface area (Å²) in [6.45, 7) is 0.607. The Kier molecular flexibility index (Phi) is 5.42. The molecule has 1 heterocycles. The van der Waals surface area contributed by atoms with Crippen molar-refractivity contribution >= 4 is 18.3 Å². The van der Waals surface area contributed by atoms with Crippen molar-refractivity contribution in [2.24, 2.45) is 5.73 Å². The molecule has 2 rings (SSSR count). The van der Waals surface area contributed by atoms with Crippen molar-refractivity contribution in [3.63, 3.8) is 0 Å². The van der Waals surface area contributed by atoms with Crippen molar-refractivity contribution in [3.05, 3.63) is 35.4 Å². The highest BCUT2D eigenvalue weighted by Crippen LogP contribution is 2.33. The molecule has 0 aliphatic carbocycles. The Bertz CT molecular complexity index is 479. The average molecular weight is 309 g/mol. The van der Waals surface area contributed by atoms with Crippen molar-refractivity contribution < 1.29 is 18.0 Å². The summed E-state index contributed by atoms with van der Waals surface area (Å²) in [6.07, 6.45) is -3.52. The summed E-state index contributed by atoms with van der Waals surface area (Å²) in [5.74, 6) is -0.573. The fraction of sp³-hybridized carbons (Fsp3) is 0.462. The van der Waals surface area contributed by atoms with Crippen LogP contribution in [0.5, 0.6) is 0 Å². The third-order valence-corrected chi connectivity index (χ3v) is 3.34. The highest BCUT2D eigenvalue weighted by Gasteiger charge is 2.45. The predicted molar refractivity (Wildman–Crippen MR) is 71.7 cm³/mol. The van der Waals surface area contributed by atoms with Gasteiger partial charge in [-0.1, -0.05) is 12.1 Å². The summed E-state index contributed by atoms with van der Waals surface area (Å²) in [4.78, 5) is 12.4. The number of hydrogen-bond donors (Lipinski definition) is 1. The smallest absolute Gasteiger partial charge is 0.366 e. The van der Waals surface area contributed by atoms with Gasteiger partial charge < -0.3 is 5.73 Å². The van der Waals surface area contributed by atoms with Crippen LogP contribution in [-0.2, 0) is 6.54 Å². The number of hydrogen-bond acceptors (Lipinski definition) is 2. The van der Waals surface area contributed by atoms with Gasteiger partial charge in [0.25, 0.3) is 0 Å².